The zero-order chi connectivity index (χ0) is 18.8. The molecule has 2 heterocycles. The van der Waals surface area contributed by atoms with E-state index in [4.69, 9.17) is 9.47 Å². The average Bonchev–Trinajstić information content (AvgIpc) is 3.36. The van der Waals surface area contributed by atoms with Crippen molar-refractivity contribution in [2.75, 3.05) is 19.5 Å². The predicted octanol–water partition coefficient (Wildman–Crippen LogP) is 4.69. The number of nitrogens with zero attached hydrogens (tertiary/aromatic N) is 2. The van der Waals surface area contributed by atoms with Crippen LogP contribution in [0.25, 0.3) is 21.5 Å². The lowest BCUT2D eigenvalue weighted by Crippen LogP contribution is -2.11. The van der Waals surface area contributed by atoms with Crippen LogP contribution in [0.15, 0.2) is 47.3 Å². The maximum Gasteiger partial charge on any atom is 0.257 e. The van der Waals surface area contributed by atoms with Gasteiger partial charge in [0, 0.05) is 16.5 Å². The molecule has 2 aromatic heterocycles. The van der Waals surface area contributed by atoms with E-state index in [-0.39, 0.29) is 5.91 Å². The molecule has 0 bridgehead atoms. The fourth-order valence-corrected chi connectivity index (χ4v) is 4.06. The van der Waals surface area contributed by atoms with Gasteiger partial charge in [0.2, 0.25) is 0 Å². The second-order valence-corrected chi connectivity index (χ2v) is 7.34. The third kappa shape index (κ3) is 3.49. The number of aromatic nitrogens is 2. The standard InChI is InChI=1S/C19H15N3O3S2/c1-24-15-6-4-11(7-16(15)25-2)14-9-26-19(21-14)22-18(23)12-3-5-13-17(8-12)27-10-20-13/h3-10H,1-2H3,(H,21,22,23). The van der Waals surface area contributed by atoms with E-state index in [9.17, 15) is 4.79 Å². The van der Waals surface area contributed by atoms with Gasteiger partial charge in [-0.2, -0.15) is 0 Å². The van der Waals surface area contributed by atoms with Gasteiger partial charge in [-0.3, -0.25) is 10.1 Å². The molecule has 0 unspecified atom stereocenters. The van der Waals surface area contributed by atoms with Crippen molar-refractivity contribution < 1.29 is 14.3 Å². The first-order valence-corrected chi connectivity index (χ1v) is 9.76. The lowest BCUT2D eigenvalue weighted by Gasteiger charge is -2.08. The molecule has 0 atom stereocenters. The Hall–Kier alpha value is -2.97. The number of carbonyl (C=O) groups excluding carboxylic acids is 1. The van der Waals surface area contributed by atoms with Crippen LogP contribution in [0.3, 0.4) is 0 Å². The van der Waals surface area contributed by atoms with Gasteiger partial charge in [-0.05, 0) is 36.4 Å². The van der Waals surface area contributed by atoms with E-state index in [0.717, 1.165) is 21.5 Å². The minimum atomic E-state index is -0.196. The number of carbonyl (C=O) groups is 1. The summed E-state index contributed by atoms with van der Waals surface area (Å²) in [5, 5.41) is 5.28. The number of rotatable bonds is 5. The normalized spacial score (nSPS) is 10.7. The quantitative estimate of drug-likeness (QED) is 0.529. The molecule has 6 nitrogen and oxygen atoms in total. The van der Waals surface area contributed by atoms with Crippen LogP contribution >= 0.6 is 22.7 Å². The first-order chi connectivity index (χ1) is 13.2. The van der Waals surface area contributed by atoms with Crippen LogP contribution in [-0.2, 0) is 0 Å². The van der Waals surface area contributed by atoms with Crippen LogP contribution in [-0.4, -0.2) is 30.1 Å². The Balaban J connectivity index is 1.54. The molecule has 1 N–H and O–H groups in total. The van der Waals surface area contributed by atoms with Crippen molar-refractivity contribution in [2.45, 2.75) is 0 Å². The molecule has 0 aliphatic carbocycles. The molecule has 27 heavy (non-hydrogen) atoms. The van der Waals surface area contributed by atoms with Gasteiger partial charge in [-0.15, -0.1) is 22.7 Å². The highest BCUT2D eigenvalue weighted by Crippen LogP contribution is 2.33. The van der Waals surface area contributed by atoms with Crippen molar-refractivity contribution in [1.29, 1.82) is 0 Å². The SMILES string of the molecule is COc1ccc(-c2csc(NC(=O)c3ccc4ncsc4c3)n2)cc1OC. The first-order valence-electron chi connectivity index (χ1n) is 8.00. The smallest absolute Gasteiger partial charge is 0.257 e. The van der Waals surface area contributed by atoms with Crippen LogP contribution in [0.1, 0.15) is 10.4 Å². The maximum absolute atomic E-state index is 12.5. The summed E-state index contributed by atoms with van der Waals surface area (Å²) in [5.74, 6) is 1.09. The minimum absolute atomic E-state index is 0.196. The Bertz CT molecular complexity index is 1120. The monoisotopic (exact) mass is 397 g/mol. The van der Waals surface area contributed by atoms with Gasteiger partial charge in [0.25, 0.3) is 5.91 Å². The molecule has 4 aromatic rings. The molecule has 0 aliphatic rings. The summed E-state index contributed by atoms with van der Waals surface area (Å²) in [6.07, 6.45) is 0. The van der Waals surface area contributed by atoms with E-state index in [1.165, 1.54) is 22.7 Å². The predicted molar refractivity (Wildman–Crippen MR) is 108 cm³/mol. The maximum atomic E-state index is 12.5. The second-order valence-electron chi connectivity index (χ2n) is 5.60. The Morgan fingerprint density at radius 1 is 1.04 bits per heavy atom. The molecule has 0 radical (unpaired) electrons. The summed E-state index contributed by atoms with van der Waals surface area (Å²) in [5.41, 5.74) is 4.88. The van der Waals surface area contributed by atoms with Gasteiger partial charge in [0.05, 0.1) is 35.6 Å². The average molecular weight is 397 g/mol. The molecule has 1 amide bonds. The summed E-state index contributed by atoms with van der Waals surface area (Å²) in [4.78, 5) is 21.2. The summed E-state index contributed by atoms with van der Waals surface area (Å²) in [6.45, 7) is 0. The van der Waals surface area contributed by atoms with Crippen molar-refractivity contribution in [3.63, 3.8) is 0 Å². The zero-order valence-electron chi connectivity index (χ0n) is 14.6. The lowest BCUT2D eigenvalue weighted by molar-refractivity contribution is 0.102. The van der Waals surface area contributed by atoms with Gasteiger partial charge < -0.3 is 9.47 Å². The molecule has 136 valence electrons. The van der Waals surface area contributed by atoms with E-state index < -0.39 is 0 Å². The van der Waals surface area contributed by atoms with Gasteiger partial charge >= 0.3 is 0 Å². The van der Waals surface area contributed by atoms with Crippen molar-refractivity contribution in [2.24, 2.45) is 0 Å². The highest BCUT2D eigenvalue weighted by molar-refractivity contribution is 7.16. The number of nitrogens with one attached hydrogen (secondary N) is 1. The van der Waals surface area contributed by atoms with Gasteiger partial charge in [-0.1, -0.05) is 0 Å². The number of amides is 1. The third-order valence-electron chi connectivity index (χ3n) is 4.00. The Morgan fingerprint density at radius 3 is 2.70 bits per heavy atom. The summed E-state index contributed by atoms with van der Waals surface area (Å²) in [7, 11) is 3.19. The highest BCUT2D eigenvalue weighted by Gasteiger charge is 2.13. The number of anilines is 1. The van der Waals surface area contributed by atoms with Crippen molar-refractivity contribution in [1.82, 2.24) is 9.97 Å². The number of benzene rings is 2. The number of thiazole rings is 2. The highest BCUT2D eigenvalue weighted by atomic mass is 32.1. The van der Waals surface area contributed by atoms with Gasteiger partial charge in [0.1, 0.15) is 0 Å². The molecule has 2 aromatic carbocycles. The summed E-state index contributed by atoms with van der Waals surface area (Å²) in [6, 6.07) is 11.0. The molecular formula is C19H15N3O3S2. The topological polar surface area (TPSA) is 73.3 Å². The van der Waals surface area contributed by atoms with Crippen molar-refractivity contribution in [3.8, 4) is 22.8 Å². The summed E-state index contributed by atoms with van der Waals surface area (Å²) >= 11 is 2.88. The number of ether oxygens (including phenoxy) is 2. The van der Waals surface area contributed by atoms with E-state index in [0.29, 0.717) is 22.2 Å². The first kappa shape index (κ1) is 17.4. The zero-order valence-corrected chi connectivity index (χ0v) is 16.2. The molecule has 0 fully saturated rings. The van der Waals surface area contributed by atoms with Crippen LogP contribution in [0.5, 0.6) is 11.5 Å². The van der Waals surface area contributed by atoms with E-state index >= 15 is 0 Å². The molecule has 0 spiro atoms. The third-order valence-corrected chi connectivity index (χ3v) is 5.55. The van der Waals surface area contributed by atoms with Gasteiger partial charge in [-0.25, -0.2) is 9.97 Å². The van der Waals surface area contributed by atoms with Crippen LogP contribution < -0.4 is 14.8 Å². The molecular weight excluding hydrogens is 382 g/mol. The number of hydrogen-bond acceptors (Lipinski definition) is 7. The fourth-order valence-electron chi connectivity index (χ4n) is 2.62. The number of hydrogen-bond donors (Lipinski definition) is 1. The number of fused-ring (bicyclic) bond motifs is 1. The molecule has 8 heteroatoms. The van der Waals surface area contributed by atoms with E-state index in [2.05, 4.69) is 15.3 Å². The Labute approximate surface area is 163 Å². The minimum Gasteiger partial charge on any atom is -0.493 e. The molecule has 0 saturated heterocycles. The molecule has 0 aliphatic heterocycles. The molecule has 4 rings (SSSR count). The van der Waals surface area contributed by atoms with Crippen LogP contribution in [0.4, 0.5) is 5.13 Å². The largest absolute Gasteiger partial charge is 0.493 e. The van der Waals surface area contributed by atoms with Gasteiger partial charge in [0.15, 0.2) is 16.6 Å². The van der Waals surface area contributed by atoms with E-state index in [1.807, 2.05) is 35.7 Å². The second kappa shape index (κ2) is 7.34. The van der Waals surface area contributed by atoms with Crippen LogP contribution in [0.2, 0.25) is 0 Å². The van der Waals surface area contributed by atoms with Crippen molar-refractivity contribution in [3.05, 3.63) is 52.9 Å². The molecule has 0 saturated carbocycles. The lowest BCUT2D eigenvalue weighted by atomic mass is 10.1. The van der Waals surface area contributed by atoms with Crippen molar-refractivity contribution >= 4 is 43.9 Å². The fraction of sp³-hybridized carbons (Fsp3) is 0.105. The number of methoxy groups -OCH3 is 2. The van der Waals surface area contributed by atoms with E-state index in [1.54, 1.807) is 25.8 Å². The summed E-state index contributed by atoms with van der Waals surface area (Å²) < 4.78 is 11.6. The van der Waals surface area contributed by atoms with Crippen LogP contribution in [0, 0.1) is 0 Å². The Kier molecular flexibility index (Phi) is 4.74. The Morgan fingerprint density at radius 2 is 1.89 bits per heavy atom.